The van der Waals surface area contributed by atoms with Gasteiger partial charge in [-0.15, -0.1) is 0 Å². The zero-order valence-corrected chi connectivity index (χ0v) is 16.4. The molecule has 1 N–H and O–H groups in total. The number of nitrogens with one attached hydrogen (secondary N) is 1. The number of oxazole rings is 1. The zero-order chi connectivity index (χ0) is 19.7. The highest BCUT2D eigenvalue weighted by Gasteiger charge is 2.30. The van der Waals surface area contributed by atoms with Crippen LogP contribution in [0.4, 0.5) is 10.7 Å². The van der Waals surface area contributed by atoms with Gasteiger partial charge in [-0.1, -0.05) is 19.1 Å². The topological polar surface area (TPSA) is 85.4 Å². The van der Waals surface area contributed by atoms with E-state index in [0.717, 1.165) is 29.2 Å². The molecule has 0 spiro atoms. The maximum atomic E-state index is 11.8. The first-order valence-corrected chi connectivity index (χ1v) is 9.51. The summed E-state index contributed by atoms with van der Waals surface area (Å²) >= 11 is 0. The lowest BCUT2D eigenvalue weighted by atomic mass is 9.94. The number of likely N-dealkylation sites (tertiary alicyclic amines) is 1. The average molecular weight is 383 g/mol. The number of nitrogens with zero attached hydrogens (tertiary/aromatic N) is 4. The molecule has 3 aromatic rings. The normalized spacial score (nSPS) is 19.8. The lowest BCUT2D eigenvalue weighted by Crippen LogP contribution is -2.47. The number of hydrogen-bond acceptors (Lipinski definition) is 6. The smallest absolute Gasteiger partial charge is 0.409 e. The van der Waals surface area contributed by atoms with Crippen LogP contribution in [0.5, 0.6) is 0 Å². The van der Waals surface area contributed by atoms with Gasteiger partial charge >= 0.3 is 6.09 Å². The summed E-state index contributed by atoms with van der Waals surface area (Å²) in [6.07, 6.45) is 2.32. The van der Waals surface area contributed by atoms with E-state index in [4.69, 9.17) is 14.1 Å². The molecule has 0 saturated carbocycles. The predicted molar refractivity (Wildman–Crippen MR) is 105 cm³/mol. The van der Waals surface area contributed by atoms with Crippen molar-refractivity contribution in [1.29, 1.82) is 0 Å². The molecule has 8 nitrogen and oxygen atoms in total. The molecule has 3 heterocycles. The van der Waals surface area contributed by atoms with Gasteiger partial charge in [-0.2, -0.15) is 0 Å². The summed E-state index contributed by atoms with van der Waals surface area (Å²) in [5, 5.41) is 3.60. The predicted octanol–water partition coefficient (Wildman–Crippen LogP) is 3.27. The molecule has 28 heavy (non-hydrogen) atoms. The van der Waals surface area contributed by atoms with Gasteiger partial charge in [0, 0.05) is 26.1 Å². The second-order valence-corrected chi connectivity index (χ2v) is 7.29. The second kappa shape index (κ2) is 7.53. The molecule has 4 rings (SSSR count). The highest BCUT2D eigenvalue weighted by molar-refractivity contribution is 5.78. The van der Waals surface area contributed by atoms with Gasteiger partial charge in [-0.3, -0.25) is 0 Å². The Balaban J connectivity index is 1.58. The molecule has 0 radical (unpaired) electrons. The molecular formula is C20H25N5O3. The molecule has 148 valence electrons. The van der Waals surface area contributed by atoms with Crippen LogP contribution in [-0.2, 0) is 11.3 Å². The van der Waals surface area contributed by atoms with Crippen molar-refractivity contribution in [2.75, 3.05) is 25.5 Å². The number of aromatic nitrogens is 3. The lowest BCUT2D eigenvalue weighted by Gasteiger charge is -2.36. The van der Waals surface area contributed by atoms with E-state index in [-0.39, 0.29) is 18.1 Å². The van der Waals surface area contributed by atoms with Crippen LogP contribution in [0.2, 0.25) is 0 Å². The zero-order valence-electron chi connectivity index (χ0n) is 16.4. The maximum absolute atomic E-state index is 11.8. The molecular weight excluding hydrogens is 358 g/mol. The monoisotopic (exact) mass is 383 g/mol. The van der Waals surface area contributed by atoms with E-state index in [9.17, 15) is 4.79 Å². The molecule has 2 unspecified atom stereocenters. The van der Waals surface area contributed by atoms with E-state index in [0.29, 0.717) is 25.5 Å². The molecule has 0 aliphatic carbocycles. The Morgan fingerprint density at radius 2 is 2.21 bits per heavy atom. The lowest BCUT2D eigenvalue weighted by molar-refractivity contribution is 0.101. The minimum atomic E-state index is -0.266. The molecule has 1 aromatic carbocycles. The van der Waals surface area contributed by atoms with Gasteiger partial charge in [0.05, 0.1) is 30.9 Å². The summed E-state index contributed by atoms with van der Waals surface area (Å²) in [5.74, 6) is 2.52. The Morgan fingerprint density at radius 3 is 2.93 bits per heavy atom. The van der Waals surface area contributed by atoms with Gasteiger partial charge in [0.25, 0.3) is 0 Å². The molecule has 1 aliphatic heterocycles. The molecule has 1 fully saturated rings. The van der Waals surface area contributed by atoms with Gasteiger partial charge in [0.1, 0.15) is 5.76 Å². The standard InChI is InChI=1S/C20H25N5O3/c1-13-11-24(20(26)27-3)9-8-16(13)22-19-23-17-6-4-5-7-18(17)25(19)12-15-10-21-14(2)28-15/h4-7,10,13,16H,8-9,11-12H2,1-3H3,(H,22,23). The third-order valence-electron chi connectivity index (χ3n) is 5.29. The van der Waals surface area contributed by atoms with Crippen molar-refractivity contribution in [3.63, 3.8) is 0 Å². The Hall–Kier alpha value is -3.03. The Morgan fingerprint density at radius 1 is 1.39 bits per heavy atom. The number of rotatable bonds is 4. The van der Waals surface area contributed by atoms with Gasteiger partial charge < -0.3 is 23.9 Å². The number of amides is 1. The van der Waals surface area contributed by atoms with Crippen molar-refractivity contribution in [3.05, 3.63) is 42.1 Å². The van der Waals surface area contributed by atoms with Gasteiger partial charge in [0.2, 0.25) is 5.95 Å². The van der Waals surface area contributed by atoms with Crippen LogP contribution in [-0.4, -0.2) is 51.8 Å². The van der Waals surface area contributed by atoms with Crippen LogP contribution in [0.3, 0.4) is 0 Å². The number of fused-ring (bicyclic) bond motifs is 1. The van der Waals surface area contributed by atoms with Crippen molar-refractivity contribution in [2.45, 2.75) is 32.9 Å². The average Bonchev–Trinajstić information content (AvgIpc) is 3.26. The summed E-state index contributed by atoms with van der Waals surface area (Å²) in [7, 11) is 1.42. The minimum absolute atomic E-state index is 0.216. The van der Waals surface area contributed by atoms with E-state index in [1.165, 1.54) is 7.11 Å². The summed E-state index contributed by atoms with van der Waals surface area (Å²) in [4.78, 5) is 22.6. The Bertz CT molecular complexity index is 979. The van der Waals surface area contributed by atoms with Crippen LogP contribution < -0.4 is 5.32 Å². The van der Waals surface area contributed by atoms with Crippen molar-refractivity contribution in [3.8, 4) is 0 Å². The van der Waals surface area contributed by atoms with E-state index < -0.39 is 0 Å². The number of para-hydroxylation sites is 2. The Kier molecular flexibility index (Phi) is 4.93. The van der Waals surface area contributed by atoms with Crippen LogP contribution in [0.15, 0.2) is 34.9 Å². The minimum Gasteiger partial charge on any atom is -0.453 e. The fraction of sp³-hybridized carbons (Fsp3) is 0.450. The number of aryl methyl sites for hydroxylation is 1. The van der Waals surface area contributed by atoms with Crippen LogP contribution in [0.1, 0.15) is 25.0 Å². The number of hydrogen-bond donors (Lipinski definition) is 1. The van der Waals surface area contributed by atoms with Crippen molar-refractivity contribution in [1.82, 2.24) is 19.4 Å². The number of methoxy groups -OCH3 is 1. The number of imidazole rings is 1. The van der Waals surface area contributed by atoms with E-state index in [1.54, 1.807) is 11.1 Å². The number of anilines is 1. The summed E-state index contributed by atoms with van der Waals surface area (Å²) in [6, 6.07) is 8.27. The quantitative estimate of drug-likeness (QED) is 0.744. The van der Waals surface area contributed by atoms with Crippen molar-refractivity contribution in [2.24, 2.45) is 5.92 Å². The number of carbonyl (C=O) groups is 1. The number of piperidine rings is 1. The van der Waals surface area contributed by atoms with Gasteiger partial charge in [-0.25, -0.2) is 14.8 Å². The molecule has 0 bridgehead atoms. The molecule has 1 saturated heterocycles. The number of carbonyl (C=O) groups excluding carboxylic acids is 1. The summed E-state index contributed by atoms with van der Waals surface area (Å²) < 4.78 is 12.7. The number of benzene rings is 1. The highest BCUT2D eigenvalue weighted by atomic mass is 16.5. The first-order valence-electron chi connectivity index (χ1n) is 9.51. The van der Waals surface area contributed by atoms with E-state index >= 15 is 0 Å². The van der Waals surface area contributed by atoms with Crippen LogP contribution in [0.25, 0.3) is 11.0 Å². The van der Waals surface area contributed by atoms with E-state index in [1.807, 2.05) is 25.1 Å². The van der Waals surface area contributed by atoms with E-state index in [2.05, 4.69) is 27.9 Å². The third kappa shape index (κ3) is 3.54. The Labute approximate surface area is 163 Å². The molecule has 8 heteroatoms. The highest BCUT2D eigenvalue weighted by Crippen LogP contribution is 2.26. The van der Waals surface area contributed by atoms with Gasteiger partial charge in [-0.05, 0) is 24.5 Å². The fourth-order valence-corrected chi connectivity index (χ4v) is 3.80. The summed E-state index contributed by atoms with van der Waals surface area (Å²) in [6.45, 7) is 5.85. The second-order valence-electron chi connectivity index (χ2n) is 7.29. The van der Waals surface area contributed by atoms with Crippen molar-refractivity contribution >= 4 is 23.1 Å². The van der Waals surface area contributed by atoms with Crippen LogP contribution in [0, 0.1) is 12.8 Å². The SMILES string of the molecule is COC(=O)N1CCC(Nc2nc3ccccc3n2Cc2cnc(C)o2)C(C)C1. The number of ether oxygens (including phenoxy) is 1. The maximum Gasteiger partial charge on any atom is 0.409 e. The largest absolute Gasteiger partial charge is 0.453 e. The molecule has 1 amide bonds. The third-order valence-corrected chi connectivity index (χ3v) is 5.29. The molecule has 2 atom stereocenters. The first-order chi connectivity index (χ1) is 13.5. The first kappa shape index (κ1) is 18.3. The summed E-state index contributed by atoms with van der Waals surface area (Å²) in [5.41, 5.74) is 1.97. The molecule has 2 aromatic heterocycles. The molecule has 1 aliphatic rings. The van der Waals surface area contributed by atoms with Gasteiger partial charge in [0.15, 0.2) is 5.89 Å². The van der Waals surface area contributed by atoms with Crippen molar-refractivity contribution < 1.29 is 13.9 Å². The fourth-order valence-electron chi connectivity index (χ4n) is 3.80. The van der Waals surface area contributed by atoms with Crippen LogP contribution >= 0.6 is 0 Å².